The van der Waals surface area contributed by atoms with Crippen LogP contribution in [0.4, 0.5) is 0 Å². The maximum atomic E-state index is 5.17. The summed E-state index contributed by atoms with van der Waals surface area (Å²) in [5.74, 6) is 1.94. The maximum Gasteiger partial charge on any atom is 0.164 e. The average Bonchev–Trinajstić information content (AvgIpc) is 3.58. The molecule has 2 aromatic heterocycles. The summed E-state index contributed by atoms with van der Waals surface area (Å²) in [4.78, 5) is 15.3. The van der Waals surface area contributed by atoms with Gasteiger partial charge in [-0.1, -0.05) is 140 Å². The number of benzene rings is 8. The predicted octanol–water partition coefficient (Wildman–Crippen LogP) is 12.9. The van der Waals surface area contributed by atoms with Crippen LogP contribution in [0.3, 0.4) is 0 Å². The van der Waals surface area contributed by atoms with Gasteiger partial charge in [-0.3, -0.25) is 0 Å². The number of aromatic nitrogens is 3. The van der Waals surface area contributed by atoms with Gasteiger partial charge in [0.05, 0.1) is 0 Å². The first-order valence-corrected chi connectivity index (χ1v) is 17.9. The first-order chi connectivity index (χ1) is 25.2. The lowest BCUT2D eigenvalue weighted by atomic mass is 9.94. The van der Waals surface area contributed by atoms with E-state index in [9.17, 15) is 0 Å². The molecule has 4 heteroatoms. The quantitative estimate of drug-likeness (QED) is 0.183. The van der Waals surface area contributed by atoms with Crippen molar-refractivity contribution in [2.75, 3.05) is 0 Å². The molecule has 0 bridgehead atoms. The van der Waals surface area contributed by atoms with E-state index in [0.29, 0.717) is 17.5 Å². The molecule has 0 fully saturated rings. The summed E-state index contributed by atoms with van der Waals surface area (Å²) in [6.07, 6.45) is 0. The van der Waals surface area contributed by atoms with E-state index in [0.717, 1.165) is 33.0 Å². The van der Waals surface area contributed by atoms with Crippen molar-refractivity contribution in [3.05, 3.63) is 176 Å². The smallest absolute Gasteiger partial charge is 0.164 e. The number of nitrogens with zero attached hydrogens (tertiary/aromatic N) is 3. The van der Waals surface area contributed by atoms with Gasteiger partial charge in [-0.15, -0.1) is 11.3 Å². The van der Waals surface area contributed by atoms with Crippen LogP contribution in [0.5, 0.6) is 0 Å². The van der Waals surface area contributed by atoms with E-state index in [1.165, 1.54) is 47.6 Å². The molecule has 8 aromatic carbocycles. The second kappa shape index (κ2) is 12.1. The van der Waals surface area contributed by atoms with Crippen molar-refractivity contribution in [1.82, 2.24) is 15.0 Å². The van der Waals surface area contributed by atoms with E-state index >= 15 is 0 Å². The Hall–Kier alpha value is -6.49. The van der Waals surface area contributed by atoms with E-state index in [4.69, 9.17) is 15.0 Å². The Morgan fingerprint density at radius 1 is 0.294 bits per heavy atom. The summed E-state index contributed by atoms with van der Waals surface area (Å²) in [5, 5.41) is 7.25. The fourth-order valence-corrected chi connectivity index (χ4v) is 8.26. The number of fused-ring (bicyclic) bond motifs is 5. The Bertz CT molecular complexity index is 2910. The zero-order chi connectivity index (χ0) is 33.7. The largest absolute Gasteiger partial charge is 0.208 e. The lowest BCUT2D eigenvalue weighted by Gasteiger charge is -2.13. The standard InChI is InChI=1S/C47H29N3S/c1-3-11-30(12-4-1)32-19-20-34-26-37(22-21-33(34)25-32)46-48-45(31-13-5-2-6-14-31)49-47(50-46)38-27-35-15-7-8-16-39(35)42(28-38)36-23-24-41-40-17-9-10-18-43(40)51-44(41)29-36/h1-29H. The Morgan fingerprint density at radius 2 is 0.843 bits per heavy atom. The highest BCUT2D eigenvalue weighted by Gasteiger charge is 2.16. The molecule has 0 spiro atoms. The van der Waals surface area contributed by atoms with E-state index < -0.39 is 0 Å². The average molecular weight is 668 g/mol. The van der Waals surface area contributed by atoms with Crippen molar-refractivity contribution < 1.29 is 0 Å². The van der Waals surface area contributed by atoms with Crippen LogP contribution < -0.4 is 0 Å². The molecule has 0 aliphatic carbocycles. The van der Waals surface area contributed by atoms with E-state index in [1.807, 2.05) is 35.6 Å². The van der Waals surface area contributed by atoms with Crippen LogP contribution in [0.2, 0.25) is 0 Å². The maximum absolute atomic E-state index is 5.17. The summed E-state index contributed by atoms with van der Waals surface area (Å²) in [7, 11) is 0. The summed E-state index contributed by atoms with van der Waals surface area (Å²) < 4.78 is 2.59. The molecule has 0 aliphatic heterocycles. The molecule has 238 valence electrons. The Morgan fingerprint density at radius 3 is 1.63 bits per heavy atom. The zero-order valence-corrected chi connectivity index (χ0v) is 28.3. The van der Waals surface area contributed by atoms with Crippen LogP contribution >= 0.6 is 11.3 Å². The molecule has 0 atom stereocenters. The second-order valence-corrected chi connectivity index (χ2v) is 14.0. The summed E-state index contributed by atoms with van der Waals surface area (Å²) >= 11 is 1.84. The van der Waals surface area contributed by atoms with Crippen LogP contribution in [-0.4, -0.2) is 15.0 Å². The molecular formula is C47H29N3S. The van der Waals surface area contributed by atoms with Crippen molar-refractivity contribution in [1.29, 1.82) is 0 Å². The molecule has 0 N–H and O–H groups in total. The Labute approximate surface area is 299 Å². The lowest BCUT2D eigenvalue weighted by molar-refractivity contribution is 1.08. The van der Waals surface area contributed by atoms with E-state index in [1.54, 1.807) is 0 Å². The first kappa shape index (κ1) is 29.4. The molecule has 0 radical (unpaired) electrons. The molecule has 0 aliphatic rings. The zero-order valence-electron chi connectivity index (χ0n) is 27.5. The number of thiophene rings is 1. The van der Waals surface area contributed by atoms with Crippen LogP contribution in [0.15, 0.2) is 176 Å². The van der Waals surface area contributed by atoms with E-state index in [-0.39, 0.29) is 0 Å². The summed E-state index contributed by atoms with van der Waals surface area (Å²) in [5.41, 5.74) is 7.59. The van der Waals surface area contributed by atoms with Gasteiger partial charge in [0.2, 0.25) is 0 Å². The highest BCUT2D eigenvalue weighted by Crippen LogP contribution is 2.40. The van der Waals surface area contributed by atoms with Gasteiger partial charge in [-0.25, -0.2) is 15.0 Å². The molecular weight excluding hydrogens is 639 g/mol. The second-order valence-electron chi connectivity index (χ2n) is 12.9. The van der Waals surface area contributed by atoms with Crippen LogP contribution in [0, 0.1) is 0 Å². The Balaban J connectivity index is 1.13. The predicted molar refractivity (Wildman–Crippen MR) is 215 cm³/mol. The SMILES string of the molecule is c1ccc(-c2ccc3cc(-c4nc(-c5ccccc5)nc(-c5cc(-c6ccc7c(c6)sc6ccccc67)c6ccccc6c5)n4)ccc3c2)cc1. The summed E-state index contributed by atoms with van der Waals surface area (Å²) in [6.45, 7) is 0. The fourth-order valence-electron chi connectivity index (χ4n) is 7.12. The molecule has 10 aromatic rings. The van der Waals surface area contributed by atoms with Gasteiger partial charge in [0, 0.05) is 36.9 Å². The third-order valence-corrected chi connectivity index (χ3v) is 10.8. The number of hydrogen-bond donors (Lipinski definition) is 0. The monoisotopic (exact) mass is 667 g/mol. The highest BCUT2D eigenvalue weighted by molar-refractivity contribution is 7.25. The minimum atomic E-state index is 0.647. The van der Waals surface area contributed by atoms with Gasteiger partial charge < -0.3 is 0 Å². The van der Waals surface area contributed by atoms with Crippen molar-refractivity contribution in [3.63, 3.8) is 0 Å². The normalized spacial score (nSPS) is 11.5. The molecule has 10 rings (SSSR count). The van der Waals surface area contributed by atoms with Gasteiger partial charge in [0.25, 0.3) is 0 Å². The van der Waals surface area contributed by atoms with Crippen LogP contribution in [0.1, 0.15) is 0 Å². The van der Waals surface area contributed by atoms with Crippen molar-refractivity contribution in [2.45, 2.75) is 0 Å². The first-order valence-electron chi connectivity index (χ1n) is 17.1. The third kappa shape index (κ3) is 5.34. The molecule has 2 heterocycles. The Kier molecular flexibility index (Phi) is 7.00. The topological polar surface area (TPSA) is 38.7 Å². The lowest BCUT2D eigenvalue weighted by Crippen LogP contribution is -2.00. The minimum Gasteiger partial charge on any atom is -0.208 e. The van der Waals surface area contributed by atoms with E-state index in [2.05, 4.69) is 152 Å². The number of hydrogen-bond acceptors (Lipinski definition) is 4. The van der Waals surface area contributed by atoms with Gasteiger partial charge >= 0.3 is 0 Å². The number of rotatable bonds is 5. The molecule has 3 nitrogen and oxygen atoms in total. The van der Waals surface area contributed by atoms with Gasteiger partial charge in [0.1, 0.15) is 0 Å². The van der Waals surface area contributed by atoms with Crippen LogP contribution in [-0.2, 0) is 0 Å². The van der Waals surface area contributed by atoms with Crippen LogP contribution in [0.25, 0.3) is 98.1 Å². The molecule has 0 saturated carbocycles. The summed E-state index contributed by atoms with van der Waals surface area (Å²) in [6, 6.07) is 62.3. The van der Waals surface area contributed by atoms with Crippen molar-refractivity contribution >= 4 is 53.1 Å². The van der Waals surface area contributed by atoms with Crippen molar-refractivity contribution in [2.24, 2.45) is 0 Å². The van der Waals surface area contributed by atoms with Gasteiger partial charge in [-0.05, 0) is 80.2 Å². The minimum absolute atomic E-state index is 0.647. The van der Waals surface area contributed by atoms with Gasteiger partial charge in [-0.2, -0.15) is 0 Å². The van der Waals surface area contributed by atoms with Crippen molar-refractivity contribution in [3.8, 4) is 56.4 Å². The highest BCUT2D eigenvalue weighted by atomic mass is 32.1. The third-order valence-electron chi connectivity index (χ3n) is 9.68. The van der Waals surface area contributed by atoms with Gasteiger partial charge in [0.15, 0.2) is 17.5 Å². The molecule has 0 amide bonds. The fraction of sp³-hybridized carbons (Fsp3) is 0. The molecule has 0 saturated heterocycles. The molecule has 0 unspecified atom stereocenters. The molecule has 51 heavy (non-hydrogen) atoms.